The number of nitrogens with zero attached hydrogens (tertiary/aromatic N) is 1. The van der Waals surface area contributed by atoms with Crippen molar-refractivity contribution in [2.24, 2.45) is 0 Å². The van der Waals surface area contributed by atoms with E-state index in [4.69, 9.17) is 0 Å². The van der Waals surface area contributed by atoms with Crippen LogP contribution in [0.25, 0.3) is 75.8 Å². The molecule has 0 aliphatic rings. The van der Waals surface area contributed by atoms with Gasteiger partial charge in [0.2, 0.25) is 0 Å². The summed E-state index contributed by atoms with van der Waals surface area (Å²) in [6.07, 6.45) is 0. The van der Waals surface area contributed by atoms with Gasteiger partial charge in [-0.15, -0.1) is 11.3 Å². The van der Waals surface area contributed by atoms with Crippen LogP contribution < -0.4 is 4.90 Å². The van der Waals surface area contributed by atoms with Gasteiger partial charge in [-0.3, -0.25) is 0 Å². The highest BCUT2D eigenvalue weighted by molar-refractivity contribution is 7.26. The third-order valence-corrected chi connectivity index (χ3v) is 11.9. The fourth-order valence-corrected chi connectivity index (χ4v) is 9.28. The summed E-state index contributed by atoms with van der Waals surface area (Å²) in [6.45, 7) is 0. The van der Waals surface area contributed by atoms with Crippen LogP contribution in [0, 0.1) is 0 Å². The van der Waals surface area contributed by atoms with Crippen LogP contribution in [-0.4, -0.2) is 0 Å². The lowest BCUT2D eigenvalue weighted by Gasteiger charge is -2.31. The molecule has 0 saturated heterocycles. The van der Waals surface area contributed by atoms with Gasteiger partial charge in [0.05, 0.1) is 17.1 Å². The third-order valence-electron chi connectivity index (χ3n) is 10.7. The van der Waals surface area contributed by atoms with Crippen molar-refractivity contribution < 1.29 is 0 Å². The summed E-state index contributed by atoms with van der Waals surface area (Å²) in [5, 5.41) is 2.53. The summed E-state index contributed by atoms with van der Waals surface area (Å²) in [5.74, 6) is 0. The second-order valence-corrected chi connectivity index (χ2v) is 15.1. The molecule has 0 unspecified atom stereocenters. The fraction of sp³-hybridized carbons (Fsp3) is 0. The first-order valence-electron chi connectivity index (χ1n) is 19.1. The van der Waals surface area contributed by atoms with Crippen molar-refractivity contribution in [1.29, 1.82) is 0 Å². The molecule has 1 nitrogen and oxygen atoms in total. The van der Waals surface area contributed by atoms with Crippen LogP contribution in [0.2, 0.25) is 0 Å². The monoisotopic (exact) mass is 731 g/mol. The van der Waals surface area contributed by atoms with E-state index in [0.29, 0.717) is 0 Å². The largest absolute Gasteiger partial charge is 0.309 e. The summed E-state index contributed by atoms with van der Waals surface area (Å²) < 4.78 is 2.56. The number of anilines is 3. The fourth-order valence-electron chi connectivity index (χ4n) is 8.15. The molecule has 0 radical (unpaired) electrons. The smallest absolute Gasteiger partial charge is 0.0555 e. The van der Waals surface area contributed by atoms with Crippen molar-refractivity contribution in [2.75, 3.05) is 4.90 Å². The van der Waals surface area contributed by atoms with Crippen LogP contribution in [0.4, 0.5) is 17.1 Å². The highest BCUT2D eigenvalue weighted by Gasteiger charge is 2.24. The molecule has 0 spiro atoms. The Morgan fingerprint density at radius 1 is 0.250 bits per heavy atom. The molecule has 264 valence electrons. The SMILES string of the molecule is c1ccc(-c2ccc(-c3ccccc3N(c3ccccc3-c3ccccc3-c3ccccc3-c3ccccc3)c3cccc4sc5ccccc5c34)cc2)cc1. The van der Waals surface area contributed by atoms with Crippen molar-refractivity contribution in [2.45, 2.75) is 0 Å². The molecular formula is C54H37NS. The first kappa shape index (κ1) is 33.6. The minimum Gasteiger partial charge on any atom is -0.309 e. The van der Waals surface area contributed by atoms with Crippen LogP contribution in [0.5, 0.6) is 0 Å². The van der Waals surface area contributed by atoms with Gasteiger partial charge in [-0.05, 0) is 74.8 Å². The molecule has 0 amide bonds. The maximum atomic E-state index is 2.51. The van der Waals surface area contributed by atoms with E-state index in [0.717, 1.165) is 22.6 Å². The molecule has 0 bridgehead atoms. The number of para-hydroxylation sites is 2. The quantitative estimate of drug-likeness (QED) is 0.150. The Hall–Kier alpha value is -7.00. The molecule has 1 aromatic heterocycles. The lowest BCUT2D eigenvalue weighted by Crippen LogP contribution is -2.13. The molecule has 10 rings (SSSR count). The molecule has 56 heavy (non-hydrogen) atoms. The van der Waals surface area contributed by atoms with Crippen molar-refractivity contribution >= 4 is 48.6 Å². The van der Waals surface area contributed by atoms with Gasteiger partial charge < -0.3 is 4.90 Å². The van der Waals surface area contributed by atoms with Gasteiger partial charge in [0.15, 0.2) is 0 Å². The van der Waals surface area contributed by atoms with Crippen LogP contribution >= 0.6 is 11.3 Å². The summed E-state index contributed by atoms with van der Waals surface area (Å²) in [4.78, 5) is 2.51. The molecule has 1 heterocycles. The van der Waals surface area contributed by atoms with Gasteiger partial charge in [-0.25, -0.2) is 0 Å². The predicted molar refractivity (Wildman–Crippen MR) is 241 cm³/mol. The zero-order chi connectivity index (χ0) is 37.3. The van der Waals surface area contributed by atoms with Gasteiger partial charge in [0, 0.05) is 31.3 Å². The van der Waals surface area contributed by atoms with E-state index in [2.05, 4.69) is 229 Å². The number of hydrogen-bond donors (Lipinski definition) is 0. The second-order valence-electron chi connectivity index (χ2n) is 14.0. The average molecular weight is 732 g/mol. The van der Waals surface area contributed by atoms with Crippen LogP contribution in [0.15, 0.2) is 224 Å². The molecule has 0 saturated carbocycles. The summed E-state index contributed by atoms with van der Waals surface area (Å²) in [6, 6.07) is 81.4. The minimum atomic E-state index is 1.12. The molecule has 2 heteroatoms. The van der Waals surface area contributed by atoms with Crippen LogP contribution in [-0.2, 0) is 0 Å². The van der Waals surface area contributed by atoms with Crippen LogP contribution in [0.3, 0.4) is 0 Å². The molecule has 9 aromatic carbocycles. The molecule has 0 aliphatic carbocycles. The number of benzene rings is 9. The average Bonchev–Trinajstić information content (AvgIpc) is 3.67. The van der Waals surface area contributed by atoms with E-state index in [1.807, 2.05) is 11.3 Å². The zero-order valence-electron chi connectivity index (χ0n) is 30.7. The Balaban J connectivity index is 1.22. The molecule has 0 aliphatic heterocycles. The Morgan fingerprint density at radius 2 is 0.661 bits per heavy atom. The lowest BCUT2D eigenvalue weighted by molar-refractivity contribution is 1.30. The maximum absolute atomic E-state index is 2.51. The maximum Gasteiger partial charge on any atom is 0.0555 e. The van der Waals surface area contributed by atoms with Gasteiger partial charge in [-0.1, -0.05) is 194 Å². The summed E-state index contributed by atoms with van der Waals surface area (Å²) in [5.41, 5.74) is 15.3. The number of hydrogen-bond acceptors (Lipinski definition) is 2. The normalized spacial score (nSPS) is 11.2. The van der Waals surface area contributed by atoms with Gasteiger partial charge in [0.25, 0.3) is 0 Å². The molecule has 0 atom stereocenters. The topological polar surface area (TPSA) is 3.24 Å². The first-order valence-corrected chi connectivity index (χ1v) is 19.9. The van der Waals surface area contributed by atoms with E-state index >= 15 is 0 Å². The summed E-state index contributed by atoms with van der Waals surface area (Å²) in [7, 11) is 0. The Morgan fingerprint density at radius 3 is 1.36 bits per heavy atom. The standard InChI is InChI=1S/C54H37NS/c1-3-18-38(19-4-1)39-34-36-41(37-35-39)43-23-11-14-29-49(43)55(51-31-17-33-53-54(51)48-28-13-16-32-52(48)56-53)50-30-15-12-27-47(50)46-26-10-9-25-45(46)44-24-8-7-22-42(44)40-20-5-2-6-21-40/h1-37H. The lowest BCUT2D eigenvalue weighted by atomic mass is 9.88. The number of fused-ring (bicyclic) bond motifs is 3. The Kier molecular flexibility index (Phi) is 8.79. The number of thiophene rings is 1. The van der Waals surface area contributed by atoms with Gasteiger partial charge in [0.1, 0.15) is 0 Å². The summed E-state index contributed by atoms with van der Waals surface area (Å²) >= 11 is 1.86. The zero-order valence-corrected chi connectivity index (χ0v) is 31.5. The van der Waals surface area contributed by atoms with Crippen molar-refractivity contribution in [1.82, 2.24) is 0 Å². The molecular weight excluding hydrogens is 695 g/mol. The molecule has 10 aromatic rings. The highest BCUT2D eigenvalue weighted by atomic mass is 32.1. The third kappa shape index (κ3) is 6.07. The van der Waals surface area contributed by atoms with E-state index < -0.39 is 0 Å². The van der Waals surface area contributed by atoms with E-state index in [-0.39, 0.29) is 0 Å². The van der Waals surface area contributed by atoms with Crippen molar-refractivity contribution in [3.63, 3.8) is 0 Å². The van der Waals surface area contributed by atoms with Crippen molar-refractivity contribution in [3.8, 4) is 55.6 Å². The van der Waals surface area contributed by atoms with E-state index in [9.17, 15) is 0 Å². The molecule has 0 N–H and O–H groups in total. The first-order chi connectivity index (χ1) is 27.8. The second kappa shape index (κ2) is 14.7. The predicted octanol–water partition coefficient (Wildman–Crippen LogP) is 15.9. The Bertz CT molecular complexity index is 2960. The van der Waals surface area contributed by atoms with Gasteiger partial charge in [-0.2, -0.15) is 0 Å². The minimum absolute atomic E-state index is 1.12. The highest BCUT2D eigenvalue weighted by Crippen LogP contribution is 2.50. The van der Waals surface area contributed by atoms with E-state index in [1.165, 1.54) is 70.2 Å². The van der Waals surface area contributed by atoms with E-state index in [1.54, 1.807) is 0 Å². The molecule has 0 fully saturated rings. The van der Waals surface area contributed by atoms with Gasteiger partial charge >= 0.3 is 0 Å². The van der Waals surface area contributed by atoms with Crippen molar-refractivity contribution in [3.05, 3.63) is 224 Å². The van der Waals surface area contributed by atoms with Crippen LogP contribution in [0.1, 0.15) is 0 Å². The Labute approximate surface area is 332 Å². The number of rotatable bonds is 8.